The molecule has 1 aliphatic heterocycles. The van der Waals surface area contributed by atoms with Crippen molar-refractivity contribution < 1.29 is 4.79 Å². The van der Waals surface area contributed by atoms with Crippen LogP contribution in [0.2, 0.25) is 5.02 Å². The summed E-state index contributed by atoms with van der Waals surface area (Å²) < 4.78 is 0. The molecule has 2 atom stereocenters. The lowest BCUT2D eigenvalue weighted by Crippen LogP contribution is -2.49. The Labute approximate surface area is 138 Å². The van der Waals surface area contributed by atoms with Gasteiger partial charge >= 0.3 is 0 Å². The molecule has 2 unspecified atom stereocenters. The van der Waals surface area contributed by atoms with Crippen LogP contribution >= 0.6 is 11.6 Å². The summed E-state index contributed by atoms with van der Waals surface area (Å²) in [6.07, 6.45) is 1.31. The van der Waals surface area contributed by atoms with E-state index in [4.69, 9.17) is 17.3 Å². The quantitative estimate of drug-likeness (QED) is 0.906. The number of piperazine rings is 1. The molecule has 5 heteroatoms. The Morgan fingerprint density at radius 3 is 2.45 bits per heavy atom. The van der Waals surface area contributed by atoms with Crippen molar-refractivity contribution in [2.75, 3.05) is 26.2 Å². The van der Waals surface area contributed by atoms with E-state index < -0.39 is 0 Å². The van der Waals surface area contributed by atoms with E-state index in [1.165, 1.54) is 0 Å². The SMILES string of the molecule is CC(N)CCC(=O)N1CCN(C(C)c2ccccc2Cl)CC1. The van der Waals surface area contributed by atoms with Crippen molar-refractivity contribution in [3.8, 4) is 0 Å². The first kappa shape index (κ1) is 17.3. The number of amides is 1. The number of nitrogens with two attached hydrogens (primary N) is 1. The molecule has 1 aliphatic rings. The van der Waals surface area contributed by atoms with Crippen molar-refractivity contribution in [1.29, 1.82) is 0 Å². The highest BCUT2D eigenvalue weighted by molar-refractivity contribution is 6.31. The minimum atomic E-state index is 0.0884. The predicted octanol–water partition coefficient (Wildman–Crippen LogP) is 2.67. The highest BCUT2D eigenvalue weighted by Crippen LogP contribution is 2.27. The van der Waals surface area contributed by atoms with Crippen LogP contribution in [0.5, 0.6) is 0 Å². The van der Waals surface area contributed by atoms with Crippen LogP contribution in [0.3, 0.4) is 0 Å². The molecule has 0 aromatic heterocycles. The summed E-state index contributed by atoms with van der Waals surface area (Å²) in [5.74, 6) is 0.224. The summed E-state index contributed by atoms with van der Waals surface area (Å²) in [7, 11) is 0. The van der Waals surface area contributed by atoms with Crippen LogP contribution in [0.15, 0.2) is 24.3 Å². The highest BCUT2D eigenvalue weighted by atomic mass is 35.5. The molecule has 1 heterocycles. The van der Waals surface area contributed by atoms with Gasteiger partial charge in [-0.3, -0.25) is 9.69 Å². The molecule has 1 fully saturated rings. The largest absolute Gasteiger partial charge is 0.340 e. The molecule has 0 aliphatic carbocycles. The van der Waals surface area contributed by atoms with Gasteiger partial charge in [-0.1, -0.05) is 29.8 Å². The van der Waals surface area contributed by atoms with Gasteiger partial charge in [-0.05, 0) is 31.9 Å². The number of rotatable bonds is 5. The van der Waals surface area contributed by atoms with Gasteiger partial charge in [0.1, 0.15) is 0 Å². The van der Waals surface area contributed by atoms with Gasteiger partial charge in [-0.25, -0.2) is 0 Å². The van der Waals surface area contributed by atoms with E-state index in [-0.39, 0.29) is 18.0 Å². The van der Waals surface area contributed by atoms with Crippen LogP contribution < -0.4 is 5.73 Å². The number of carbonyl (C=O) groups is 1. The van der Waals surface area contributed by atoms with Gasteiger partial charge in [0, 0.05) is 49.7 Å². The topological polar surface area (TPSA) is 49.6 Å². The van der Waals surface area contributed by atoms with Crippen LogP contribution in [0.4, 0.5) is 0 Å². The third kappa shape index (κ3) is 4.45. The molecular weight excluding hydrogens is 298 g/mol. The molecule has 4 nitrogen and oxygen atoms in total. The average Bonchev–Trinajstić information content (AvgIpc) is 2.52. The number of nitrogens with zero attached hydrogens (tertiary/aromatic N) is 2. The van der Waals surface area contributed by atoms with E-state index in [0.29, 0.717) is 6.42 Å². The number of benzene rings is 1. The van der Waals surface area contributed by atoms with Crippen LogP contribution in [0.25, 0.3) is 0 Å². The van der Waals surface area contributed by atoms with Crippen molar-refractivity contribution in [2.24, 2.45) is 5.73 Å². The summed E-state index contributed by atoms with van der Waals surface area (Å²) in [5, 5.41) is 0.811. The van der Waals surface area contributed by atoms with E-state index >= 15 is 0 Å². The lowest BCUT2D eigenvalue weighted by Gasteiger charge is -2.38. The average molecular weight is 324 g/mol. The van der Waals surface area contributed by atoms with E-state index in [2.05, 4.69) is 17.9 Å². The second kappa shape index (κ2) is 7.95. The van der Waals surface area contributed by atoms with Crippen molar-refractivity contribution in [3.63, 3.8) is 0 Å². The number of halogens is 1. The molecule has 1 amide bonds. The Morgan fingerprint density at radius 2 is 1.86 bits per heavy atom. The number of hydrogen-bond acceptors (Lipinski definition) is 3. The number of hydrogen-bond donors (Lipinski definition) is 1. The Hall–Kier alpha value is -1.10. The van der Waals surface area contributed by atoms with Crippen molar-refractivity contribution in [3.05, 3.63) is 34.9 Å². The molecule has 1 aromatic carbocycles. The molecule has 0 spiro atoms. The second-order valence-electron chi connectivity index (χ2n) is 6.13. The molecule has 22 heavy (non-hydrogen) atoms. The first-order valence-corrected chi connectivity index (χ1v) is 8.38. The normalized spacial score (nSPS) is 19.0. The zero-order valence-corrected chi connectivity index (χ0v) is 14.2. The molecule has 0 saturated carbocycles. The first-order chi connectivity index (χ1) is 10.5. The maximum atomic E-state index is 12.1. The van der Waals surface area contributed by atoms with E-state index in [1.54, 1.807) is 0 Å². The summed E-state index contributed by atoms with van der Waals surface area (Å²) in [6.45, 7) is 7.46. The van der Waals surface area contributed by atoms with Crippen molar-refractivity contribution >= 4 is 17.5 Å². The molecule has 0 bridgehead atoms. The van der Waals surface area contributed by atoms with Crippen molar-refractivity contribution in [2.45, 2.75) is 38.8 Å². The van der Waals surface area contributed by atoms with Gasteiger partial charge in [0.25, 0.3) is 0 Å². The minimum Gasteiger partial charge on any atom is -0.340 e. The van der Waals surface area contributed by atoms with Gasteiger partial charge in [0.15, 0.2) is 0 Å². The van der Waals surface area contributed by atoms with E-state index in [1.807, 2.05) is 30.0 Å². The summed E-state index contributed by atoms with van der Waals surface area (Å²) in [4.78, 5) is 16.5. The Morgan fingerprint density at radius 1 is 1.23 bits per heavy atom. The number of carbonyl (C=O) groups excluding carboxylic acids is 1. The molecule has 122 valence electrons. The highest BCUT2D eigenvalue weighted by Gasteiger charge is 2.25. The van der Waals surface area contributed by atoms with Crippen LogP contribution in [-0.2, 0) is 4.79 Å². The third-order valence-corrected chi connectivity index (χ3v) is 4.73. The Balaban J connectivity index is 1.87. The lowest BCUT2D eigenvalue weighted by molar-refractivity contribution is -0.133. The van der Waals surface area contributed by atoms with Gasteiger partial charge in [0.2, 0.25) is 5.91 Å². The molecule has 0 radical (unpaired) electrons. The zero-order chi connectivity index (χ0) is 16.1. The fourth-order valence-electron chi connectivity index (χ4n) is 2.88. The van der Waals surface area contributed by atoms with Gasteiger partial charge in [-0.2, -0.15) is 0 Å². The molecule has 2 rings (SSSR count). The zero-order valence-electron chi connectivity index (χ0n) is 13.5. The summed E-state index contributed by atoms with van der Waals surface area (Å²) in [5.41, 5.74) is 6.87. The predicted molar refractivity (Wildman–Crippen MR) is 90.9 cm³/mol. The minimum absolute atomic E-state index is 0.0884. The van der Waals surface area contributed by atoms with Gasteiger partial charge < -0.3 is 10.6 Å². The Kier molecular flexibility index (Phi) is 6.24. The van der Waals surface area contributed by atoms with Crippen LogP contribution in [0.1, 0.15) is 38.3 Å². The van der Waals surface area contributed by atoms with Crippen molar-refractivity contribution in [1.82, 2.24) is 9.80 Å². The molecule has 1 aromatic rings. The lowest BCUT2D eigenvalue weighted by atomic mass is 10.1. The van der Waals surface area contributed by atoms with Crippen LogP contribution in [-0.4, -0.2) is 47.9 Å². The maximum Gasteiger partial charge on any atom is 0.222 e. The first-order valence-electron chi connectivity index (χ1n) is 8.01. The fraction of sp³-hybridized carbons (Fsp3) is 0.588. The fourth-order valence-corrected chi connectivity index (χ4v) is 3.17. The molecular formula is C17H26ClN3O. The molecule has 1 saturated heterocycles. The third-order valence-electron chi connectivity index (χ3n) is 4.38. The smallest absolute Gasteiger partial charge is 0.222 e. The van der Waals surface area contributed by atoms with Gasteiger partial charge in [0.05, 0.1) is 0 Å². The monoisotopic (exact) mass is 323 g/mol. The van der Waals surface area contributed by atoms with Crippen LogP contribution in [0, 0.1) is 0 Å². The van der Waals surface area contributed by atoms with Gasteiger partial charge in [-0.15, -0.1) is 0 Å². The Bertz CT molecular complexity index is 498. The maximum absolute atomic E-state index is 12.1. The standard InChI is InChI=1S/C17H26ClN3O/c1-13(19)7-8-17(22)21-11-9-20(10-12-21)14(2)15-5-3-4-6-16(15)18/h3-6,13-14H,7-12,19H2,1-2H3. The molecule has 2 N–H and O–H groups in total. The second-order valence-corrected chi connectivity index (χ2v) is 6.54. The summed E-state index contributed by atoms with van der Waals surface area (Å²) >= 11 is 6.29. The van der Waals surface area contributed by atoms with E-state index in [9.17, 15) is 4.79 Å². The summed E-state index contributed by atoms with van der Waals surface area (Å²) in [6, 6.07) is 8.34. The van der Waals surface area contributed by atoms with E-state index in [0.717, 1.165) is 43.2 Å².